The molecule has 0 saturated carbocycles. The first-order valence-corrected chi connectivity index (χ1v) is 6.30. The van der Waals surface area contributed by atoms with Crippen molar-refractivity contribution in [1.29, 1.82) is 0 Å². The molecule has 3 aromatic rings. The second kappa shape index (κ2) is 5.02. The standard InChI is InChI=1S/C17H15N2/c1-19-12-9-14(10-13-19)7-8-16-5-2-4-15-6-3-11-18-17(15)16/h2-13H,1H3/q+1. The van der Waals surface area contributed by atoms with E-state index in [2.05, 4.69) is 53.5 Å². The molecule has 0 saturated heterocycles. The minimum Gasteiger partial charge on any atom is -0.256 e. The maximum Gasteiger partial charge on any atom is 0.169 e. The van der Waals surface area contributed by atoms with Gasteiger partial charge in [-0.15, -0.1) is 0 Å². The fourth-order valence-electron chi connectivity index (χ4n) is 2.07. The lowest BCUT2D eigenvalue weighted by Gasteiger charge is -2.00. The molecule has 0 N–H and O–H groups in total. The smallest absolute Gasteiger partial charge is 0.169 e. The number of para-hydroxylation sites is 1. The number of fused-ring (bicyclic) bond motifs is 1. The van der Waals surface area contributed by atoms with Crippen molar-refractivity contribution >= 4 is 23.1 Å². The van der Waals surface area contributed by atoms with Crippen LogP contribution in [-0.4, -0.2) is 4.98 Å². The summed E-state index contributed by atoms with van der Waals surface area (Å²) in [5.74, 6) is 0. The van der Waals surface area contributed by atoms with Crippen LogP contribution in [0.1, 0.15) is 11.1 Å². The Morgan fingerprint density at radius 1 is 0.947 bits per heavy atom. The highest BCUT2D eigenvalue weighted by Gasteiger charge is 1.98. The highest BCUT2D eigenvalue weighted by Crippen LogP contribution is 2.18. The second-order valence-corrected chi connectivity index (χ2v) is 4.55. The Kier molecular flexibility index (Phi) is 3.07. The maximum absolute atomic E-state index is 4.45. The zero-order chi connectivity index (χ0) is 13.1. The molecule has 2 nitrogen and oxygen atoms in total. The fourth-order valence-corrected chi connectivity index (χ4v) is 2.07. The molecular formula is C17H15N2+. The Balaban J connectivity index is 1.99. The number of benzene rings is 1. The summed E-state index contributed by atoms with van der Waals surface area (Å²) < 4.78 is 2.02. The summed E-state index contributed by atoms with van der Waals surface area (Å²) in [5.41, 5.74) is 3.38. The highest BCUT2D eigenvalue weighted by atomic mass is 14.9. The van der Waals surface area contributed by atoms with Gasteiger partial charge in [0.15, 0.2) is 12.4 Å². The van der Waals surface area contributed by atoms with E-state index in [9.17, 15) is 0 Å². The Bertz CT molecular complexity index is 722. The number of aryl methyl sites for hydroxylation is 1. The molecule has 0 fully saturated rings. The zero-order valence-corrected chi connectivity index (χ0v) is 10.8. The Morgan fingerprint density at radius 2 is 1.74 bits per heavy atom. The van der Waals surface area contributed by atoms with Crippen LogP contribution in [0.4, 0.5) is 0 Å². The molecule has 0 bridgehead atoms. The summed E-state index contributed by atoms with van der Waals surface area (Å²) in [7, 11) is 2.02. The van der Waals surface area contributed by atoms with Crippen LogP contribution in [0.2, 0.25) is 0 Å². The number of aromatic nitrogens is 2. The van der Waals surface area contributed by atoms with Crippen molar-refractivity contribution in [3.05, 3.63) is 72.2 Å². The van der Waals surface area contributed by atoms with E-state index in [1.807, 2.05) is 36.3 Å². The van der Waals surface area contributed by atoms with E-state index >= 15 is 0 Å². The van der Waals surface area contributed by atoms with Crippen LogP contribution in [0.15, 0.2) is 61.1 Å². The Morgan fingerprint density at radius 3 is 2.58 bits per heavy atom. The molecule has 2 heterocycles. The Labute approximate surface area is 112 Å². The molecular weight excluding hydrogens is 232 g/mol. The lowest BCUT2D eigenvalue weighted by Crippen LogP contribution is -2.25. The first-order valence-electron chi connectivity index (χ1n) is 6.30. The average Bonchev–Trinajstić information content (AvgIpc) is 2.47. The van der Waals surface area contributed by atoms with E-state index in [1.54, 1.807) is 0 Å². The normalized spacial score (nSPS) is 11.2. The molecule has 0 radical (unpaired) electrons. The quantitative estimate of drug-likeness (QED) is 0.635. The predicted molar refractivity (Wildman–Crippen MR) is 78.3 cm³/mol. The Hall–Kier alpha value is -2.48. The minimum atomic E-state index is 1.04. The maximum atomic E-state index is 4.45. The molecule has 92 valence electrons. The van der Waals surface area contributed by atoms with Gasteiger partial charge in [-0.1, -0.05) is 36.4 Å². The number of hydrogen-bond donors (Lipinski definition) is 0. The van der Waals surface area contributed by atoms with E-state index in [4.69, 9.17) is 0 Å². The van der Waals surface area contributed by atoms with Gasteiger partial charge in [-0.3, -0.25) is 4.98 Å². The molecule has 2 heteroatoms. The predicted octanol–water partition coefficient (Wildman–Crippen LogP) is 3.23. The fraction of sp³-hybridized carbons (Fsp3) is 0.0588. The number of nitrogens with zero attached hydrogens (tertiary/aromatic N) is 2. The molecule has 0 amide bonds. The van der Waals surface area contributed by atoms with E-state index in [-0.39, 0.29) is 0 Å². The summed E-state index contributed by atoms with van der Waals surface area (Å²) >= 11 is 0. The van der Waals surface area contributed by atoms with Gasteiger partial charge in [-0.25, -0.2) is 4.57 Å². The molecule has 0 atom stereocenters. The van der Waals surface area contributed by atoms with Gasteiger partial charge in [0.05, 0.1) is 5.52 Å². The molecule has 0 aliphatic rings. The van der Waals surface area contributed by atoms with Gasteiger partial charge < -0.3 is 0 Å². The largest absolute Gasteiger partial charge is 0.256 e. The van der Waals surface area contributed by atoms with Gasteiger partial charge in [0, 0.05) is 29.3 Å². The first-order chi connectivity index (χ1) is 9.33. The third kappa shape index (κ3) is 2.52. The van der Waals surface area contributed by atoms with Crippen LogP contribution in [0.5, 0.6) is 0 Å². The monoisotopic (exact) mass is 247 g/mol. The lowest BCUT2D eigenvalue weighted by atomic mass is 10.1. The van der Waals surface area contributed by atoms with Crippen LogP contribution in [-0.2, 0) is 7.05 Å². The van der Waals surface area contributed by atoms with Crippen LogP contribution in [0.25, 0.3) is 23.1 Å². The van der Waals surface area contributed by atoms with Crippen molar-refractivity contribution in [2.75, 3.05) is 0 Å². The van der Waals surface area contributed by atoms with E-state index in [1.165, 1.54) is 10.9 Å². The first kappa shape index (κ1) is 11.6. The van der Waals surface area contributed by atoms with E-state index < -0.39 is 0 Å². The van der Waals surface area contributed by atoms with E-state index in [0.29, 0.717) is 0 Å². The molecule has 3 rings (SSSR count). The number of rotatable bonds is 2. The van der Waals surface area contributed by atoms with Crippen molar-refractivity contribution in [2.45, 2.75) is 0 Å². The van der Waals surface area contributed by atoms with Crippen molar-refractivity contribution in [3.8, 4) is 0 Å². The second-order valence-electron chi connectivity index (χ2n) is 4.55. The molecule has 2 aromatic heterocycles. The number of pyridine rings is 2. The van der Waals surface area contributed by atoms with Gasteiger partial charge in [-0.05, 0) is 11.6 Å². The van der Waals surface area contributed by atoms with Crippen LogP contribution < -0.4 is 4.57 Å². The minimum absolute atomic E-state index is 1.04. The zero-order valence-electron chi connectivity index (χ0n) is 10.8. The van der Waals surface area contributed by atoms with Gasteiger partial charge >= 0.3 is 0 Å². The summed E-state index contributed by atoms with van der Waals surface area (Å²) in [6, 6.07) is 14.5. The summed E-state index contributed by atoms with van der Waals surface area (Å²) in [5, 5.41) is 1.17. The van der Waals surface area contributed by atoms with Crippen LogP contribution in [0.3, 0.4) is 0 Å². The van der Waals surface area contributed by atoms with Crippen molar-refractivity contribution in [3.63, 3.8) is 0 Å². The van der Waals surface area contributed by atoms with Gasteiger partial charge in [0.1, 0.15) is 7.05 Å². The van der Waals surface area contributed by atoms with Gasteiger partial charge in [0.2, 0.25) is 0 Å². The van der Waals surface area contributed by atoms with Crippen LogP contribution in [0, 0.1) is 0 Å². The molecule has 0 aliphatic heterocycles. The lowest BCUT2D eigenvalue weighted by molar-refractivity contribution is -0.671. The summed E-state index contributed by atoms with van der Waals surface area (Å²) in [4.78, 5) is 4.45. The third-order valence-corrected chi connectivity index (χ3v) is 3.12. The third-order valence-electron chi connectivity index (χ3n) is 3.12. The molecule has 19 heavy (non-hydrogen) atoms. The summed E-state index contributed by atoms with van der Waals surface area (Å²) in [6.07, 6.45) is 10.2. The topological polar surface area (TPSA) is 16.8 Å². The highest BCUT2D eigenvalue weighted by molar-refractivity contribution is 5.89. The average molecular weight is 247 g/mol. The van der Waals surface area contributed by atoms with Crippen molar-refractivity contribution in [2.24, 2.45) is 7.05 Å². The molecule has 0 unspecified atom stereocenters. The van der Waals surface area contributed by atoms with Gasteiger partial charge in [0.25, 0.3) is 0 Å². The molecule has 0 spiro atoms. The molecule has 0 aliphatic carbocycles. The van der Waals surface area contributed by atoms with Crippen molar-refractivity contribution in [1.82, 2.24) is 4.98 Å². The van der Waals surface area contributed by atoms with Crippen molar-refractivity contribution < 1.29 is 4.57 Å². The van der Waals surface area contributed by atoms with Crippen LogP contribution >= 0.6 is 0 Å². The number of hydrogen-bond acceptors (Lipinski definition) is 1. The van der Waals surface area contributed by atoms with Gasteiger partial charge in [-0.2, -0.15) is 0 Å². The van der Waals surface area contributed by atoms with E-state index in [0.717, 1.165) is 11.1 Å². The molecule has 1 aromatic carbocycles. The SMILES string of the molecule is C[n+]1ccc(/C=C/c2cccc3cccnc23)cc1. The summed E-state index contributed by atoms with van der Waals surface area (Å²) in [6.45, 7) is 0.